The van der Waals surface area contributed by atoms with Gasteiger partial charge in [0.05, 0.1) is 0 Å². The number of anilines is 1. The second kappa shape index (κ2) is 7.74. The number of nitrogens with two attached hydrogens (primary N) is 1. The number of hydrogen-bond donors (Lipinski definition) is 1. The monoisotopic (exact) mass is 264 g/mol. The van der Waals surface area contributed by atoms with E-state index in [1.807, 2.05) is 26.0 Å². The first kappa shape index (κ1) is 15.4. The van der Waals surface area contributed by atoms with Gasteiger partial charge in [-0.15, -0.1) is 0 Å². The maximum atomic E-state index is 12.2. The number of carbonyl (C=O) groups is 1. The number of amides is 1. The zero-order valence-corrected chi connectivity index (χ0v) is 12.1. The molecule has 0 bridgehead atoms. The number of carbonyl (C=O) groups excluding carboxylic acids is 1. The second-order valence-electron chi connectivity index (χ2n) is 4.25. The highest BCUT2D eigenvalue weighted by Gasteiger charge is 2.15. The van der Waals surface area contributed by atoms with E-state index in [4.69, 9.17) is 5.73 Å². The molecular weight excluding hydrogens is 240 g/mol. The summed E-state index contributed by atoms with van der Waals surface area (Å²) in [6.45, 7) is 9.64. The Morgan fingerprint density at radius 3 is 2.47 bits per heavy atom. The highest BCUT2D eigenvalue weighted by molar-refractivity contribution is 5.93. The van der Waals surface area contributed by atoms with Crippen molar-refractivity contribution < 1.29 is 4.79 Å². The molecule has 0 radical (unpaired) electrons. The van der Waals surface area contributed by atoms with Gasteiger partial charge in [0.15, 0.2) is 0 Å². The van der Waals surface area contributed by atoms with Crippen LogP contribution in [0, 0.1) is 0 Å². The van der Waals surface area contributed by atoms with Crippen LogP contribution in [0.3, 0.4) is 0 Å². The molecule has 0 atom stereocenters. The van der Waals surface area contributed by atoms with E-state index >= 15 is 0 Å². The second-order valence-corrected chi connectivity index (χ2v) is 4.25. The Balaban J connectivity index is 2.95. The van der Waals surface area contributed by atoms with Crippen LogP contribution in [0.2, 0.25) is 0 Å². The van der Waals surface area contributed by atoms with Crippen molar-refractivity contribution in [2.24, 2.45) is 5.73 Å². The van der Waals surface area contributed by atoms with Gasteiger partial charge in [0, 0.05) is 44.6 Å². The van der Waals surface area contributed by atoms with Gasteiger partial charge in [0.1, 0.15) is 5.69 Å². The van der Waals surface area contributed by atoms with Gasteiger partial charge in [0.2, 0.25) is 0 Å². The maximum absolute atomic E-state index is 12.2. The molecule has 1 aromatic rings. The van der Waals surface area contributed by atoms with Crippen LogP contribution in [0.4, 0.5) is 5.69 Å². The average Bonchev–Trinajstić information content (AvgIpc) is 2.46. The fraction of sp³-hybridized carbons (Fsp3) is 0.571. The molecule has 0 spiro atoms. The molecule has 0 aliphatic rings. The minimum absolute atomic E-state index is 0.0179. The normalized spacial score (nSPS) is 10.3. The summed E-state index contributed by atoms with van der Waals surface area (Å²) in [5.41, 5.74) is 7.09. The van der Waals surface area contributed by atoms with Crippen molar-refractivity contribution in [3.8, 4) is 0 Å². The molecule has 0 unspecified atom stereocenters. The minimum atomic E-state index is -0.0179. The molecule has 19 heavy (non-hydrogen) atoms. The summed E-state index contributed by atoms with van der Waals surface area (Å²) in [6.07, 6.45) is 1.69. The van der Waals surface area contributed by atoms with E-state index in [2.05, 4.69) is 16.8 Å². The average molecular weight is 264 g/mol. The molecule has 0 aliphatic carbocycles. The van der Waals surface area contributed by atoms with Gasteiger partial charge in [-0.05, 0) is 32.9 Å². The SMILES string of the molecule is CCN(CC)C(=O)c1cc(N(CC)CCN)ccn1. The van der Waals surface area contributed by atoms with E-state index in [0.717, 1.165) is 18.8 Å². The first-order valence-corrected chi connectivity index (χ1v) is 6.88. The number of pyridine rings is 1. The standard InChI is InChI=1S/C14H24N4O/c1-4-17(5-2)14(19)13-11-12(7-9-16-13)18(6-3)10-8-15/h7,9,11H,4-6,8,10,15H2,1-3H3. The van der Waals surface area contributed by atoms with Gasteiger partial charge in [-0.2, -0.15) is 0 Å². The van der Waals surface area contributed by atoms with Crippen LogP contribution in [-0.2, 0) is 0 Å². The van der Waals surface area contributed by atoms with Crippen LogP contribution in [0.5, 0.6) is 0 Å². The summed E-state index contributed by atoms with van der Waals surface area (Å²) >= 11 is 0. The van der Waals surface area contributed by atoms with E-state index in [1.54, 1.807) is 11.1 Å². The molecule has 5 heteroatoms. The van der Waals surface area contributed by atoms with E-state index in [9.17, 15) is 4.79 Å². The van der Waals surface area contributed by atoms with Crippen molar-refractivity contribution >= 4 is 11.6 Å². The number of aromatic nitrogens is 1. The first-order chi connectivity index (χ1) is 9.17. The van der Waals surface area contributed by atoms with Gasteiger partial charge in [-0.25, -0.2) is 0 Å². The molecule has 5 nitrogen and oxygen atoms in total. The molecule has 0 saturated heterocycles. The van der Waals surface area contributed by atoms with Crippen LogP contribution in [0.25, 0.3) is 0 Å². The van der Waals surface area contributed by atoms with Crippen molar-refractivity contribution in [2.45, 2.75) is 20.8 Å². The third-order valence-electron chi connectivity index (χ3n) is 3.16. The summed E-state index contributed by atoms with van der Waals surface area (Å²) in [5, 5.41) is 0. The van der Waals surface area contributed by atoms with Crippen LogP contribution in [0.15, 0.2) is 18.3 Å². The number of likely N-dealkylation sites (N-methyl/N-ethyl adjacent to an activating group) is 1. The lowest BCUT2D eigenvalue weighted by Gasteiger charge is -2.23. The largest absolute Gasteiger partial charge is 0.370 e. The zero-order chi connectivity index (χ0) is 14.3. The van der Waals surface area contributed by atoms with Crippen molar-refractivity contribution in [1.29, 1.82) is 0 Å². The molecule has 106 valence electrons. The smallest absolute Gasteiger partial charge is 0.272 e. The Bertz CT molecular complexity index is 404. The molecule has 1 amide bonds. The molecule has 0 aromatic carbocycles. The molecule has 1 rings (SSSR count). The predicted octanol–water partition coefficient (Wildman–Crippen LogP) is 1.35. The Labute approximate surface area is 115 Å². The van der Waals surface area contributed by atoms with Crippen molar-refractivity contribution in [1.82, 2.24) is 9.88 Å². The van der Waals surface area contributed by atoms with E-state index in [-0.39, 0.29) is 5.91 Å². The summed E-state index contributed by atoms with van der Waals surface area (Å²) in [5.74, 6) is -0.0179. The summed E-state index contributed by atoms with van der Waals surface area (Å²) in [4.78, 5) is 20.3. The van der Waals surface area contributed by atoms with Gasteiger partial charge in [-0.1, -0.05) is 0 Å². The van der Waals surface area contributed by atoms with Crippen LogP contribution in [-0.4, -0.2) is 48.5 Å². The van der Waals surface area contributed by atoms with Crippen molar-refractivity contribution in [3.63, 3.8) is 0 Å². The third kappa shape index (κ3) is 3.92. The fourth-order valence-corrected chi connectivity index (χ4v) is 2.03. The van der Waals surface area contributed by atoms with Gasteiger partial charge in [0.25, 0.3) is 5.91 Å². The Kier molecular flexibility index (Phi) is 6.29. The molecule has 1 heterocycles. The number of nitrogens with zero attached hydrogens (tertiary/aromatic N) is 3. The molecular formula is C14H24N4O. The van der Waals surface area contributed by atoms with Crippen LogP contribution < -0.4 is 10.6 Å². The molecule has 1 aromatic heterocycles. The van der Waals surface area contributed by atoms with E-state index < -0.39 is 0 Å². The molecule has 0 saturated carbocycles. The van der Waals surface area contributed by atoms with Gasteiger partial charge < -0.3 is 15.5 Å². The lowest BCUT2D eigenvalue weighted by molar-refractivity contribution is 0.0767. The molecule has 0 fully saturated rings. The highest BCUT2D eigenvalue weighted by Crippen LogP contribution is 2.15. The lowest BCUT2D eigenvalue weighted by atomic mass is 10.2. The maximum Gasteiger partial charge on any atom is 0.272 e. The van der Waals surface area contributed by atoms with E-state index in [0.29, 0.717) is 25.3 Å². The molecule has 0 aliphatic heterocycles. The van der Waals surface area contributed by atoms with Gasteiger partial charge >= 0.3 is 0 Å². The van der Waals surface area contributed by atoms with Crippen molar-refractivity contribution in [2.75, 3.05) is 37.6 Å². The highest BCUT2D eigenvalue weighted by atomic mass is 16.2. The van der Waals surface area contributed by atoms with E-state index in [1.165, 1.54) is 0 Å². The minimum Gasteiger partial charge on any atom is -0.370 e. The predicted molar refractivity (Wildman–Crippen MR) is 78.4 cm³/mol. The molecule has 2 N–H and O–H groups in total. The fourth-order valence-electron chi connectivity index (χ4n) is 2.03. The third-order valence-corrected chi connectivity index (χ3v) is 3.16. The summed E-state index contributed by atoms with van der Waals surface area (Å²) < 4.78 is 0. The lowest BCUT2D eigenvalue weighted by Crippen LogP contribution is -2.32. The zero-order valence-electron chi connectivity index (χ0n) is 12.1. The number of hydrogen-bond acceptors (Lipinski definition) is 4. The van der Waals surface area contributed by atoms with Crippen molar-refractivity contribution in [3.05, 3.63) is 24.0 Å². The first-order valence-electron chi connectivity index (χ1n) is 6.88. The topological polar surface area (TPSA) is 62.5 Å². The Morgan fingerprint density at radius 1 is 1.26 bits per heavy atom. The quantitative estimate of drug-likeness (QED) is 0.807. The summed E-state index contributed by atoms with van der Waals surface area (Å²) in [6, 6.07) is 3.76. The summed E-state index contributed by atoms with van der Waals surface area (Å²) in [7, 11) is 0. The number of rotatable bonds is 7. The van der Waals surface area contributed by atoms with Crippen LogP contribution >= 0.6 is 0 Å². The van der Waals surface area contributed by atoms with Crippen LogP contribution in [0.1, 0.15) is 31.3 Å². The Morgan fingerprint density at radius 2 is 1.95 bits per heavy atom. The van der Waals surface area contributed by atoms with Gasteiger partial charge in [-0.3, -0.25) is 9.78 Å². The Hall–Kier alpha value is -1.62.